The molecule has 0 fully saturated rings. The number of nitrogens with one attached hydrogen (secondary N) is 1. The Morgan fingerprint density at radius 3 is 1.81 bits per heavy atom. The number of esters is 2. The molecule has 0 saturated heterocycles. The number of methoxy groups -OCH3 is 2. The molecule has 1 aromatic carbocycles. The highest BCUT2D eigenvalue weighted by Gasteiger charge is 2.41. The zero-order valence-corrected chi connectivity index (χ0v) is 13.8. The minimum absolute atomic E-state index is 0.256. The smallest absolute Gasteiger partial charge is 0.417 e. The van der Waals surface area contributed by atoms with E-state index >= 15 is 0 Å². The molecule has 0 aliphatic rings. The largest absolute Gasteiger partial charge is 0.466 e. The maximum absolute atomic E-state index is 13.0. The highest BCUT2D eigenvalue weighted by molar-refractivity contribution is 6.32. The van der Waals surface area contributed by atoms with Crippen LogP contribution in [0, 0.1) is 0 Å². The normalized spacial score (nSPS) is 12.6. The summed E-state index contributed by atoms with van der Waals surface area (Å²) in [5, 5.41) is 0.425. The molecule has 26 heavy (non-hydrogen) atoms. The van der Waals surface area contributed by atoms with Gasteiger partial charge in [-0.1, -0.05) is 11.6 Å². The summed E-state index contributed by atoms with van der Waals surface area (Å²) in [6.45, 7) is 0. The molecule has 0 radical (unpaired) electrons. The molecule has 1 N–H and O–H groups in total. The predicted molar refractivity (Wildman–Crippen MR) is 77.2 cm³/mol. The number of hydrogen-bond donors (Lipinski definition) is 1. The molecule has 0 aliphatic heterocycles. The van der Waals surface area contributed by atoms with Crippen LogP contribution in [0.2, 0.25) is 5.02 Å². The summed E-state index contributed by atoms with van der Waals surface area (Å²) in [4.78, 5) is 22.8. The molecule has 0 aromatic heterocycles. The average molecular weight is 406 g/mol. The SMILES string of the molecule is COC(=O)/C=C(/Nc1cc(C(F)(F)F)c(Cl)c(C(F)(F)F)c1)C(=O)OC. The molecule has 5 nitrogen and oxygen atoms in total. The van der Waals surface area contributed by atoms with Crippen molar-refractivity contribution in [2.24, 2.45) is 0 Å². The van der Waals surface area contributed by atoms with Crippen LogP contribution >= 0.6 is 11.6 Å². The van der Waals surface area contributed by atoms with Crippen LogP contribution in [0.4, 0.5) is 32.0 Å². The van der Waals surface area contributed by atoms with E-state index in [2.05, 4.69) is 9.47 Å². The van der Waals surface area contributed by atoms with E-state index < -0.39 is 51.8 Å². The van der Waals surface area contributed by atoms with E-state index in [1.807, 2.05) is 5.32 Å². The fourth-order valence-corrected chi connectivity index (χ4v) is 2.02. The second kappa shape index (κ2) is 7.85. The number of benzene rings is 1. The van der Waals surface area contributed by atoms with Crippen LogP contribution < -0.4 is 5.32 Å². The maximum Gasteiger partial charge on any atom is 0.417 e. The summed E-state index contributed by atoms with van der Waals surface area (Å²) < 4.78 is 86.3. The topological polar surface area (TPSA) is 64.6 Å². The van der Waals surface area contributed by atoms with Crippen molar-refractivity contribution >= 4 is 29.2 Å². The molecule has 0 amide bonds. The molecule has 0 spiro atoms. The highest BCUT2D eigenvalue weighted by atomic mass is 35.5. The lowest BCUT2D eigenvalue weighted by molar-refractivity contribution is -0.143. The van der Waals surface area contributed by atoms with Crippen molar-refractivity contribution in [3.05, 3.63) is 40.1 Å². The summed E-state index contributed by atoms with van der Waals surface area (Å²) in [6.07, 6.45) is -9.90. The minimum Gasteiger partial charge on any atom is -0.466 e. The van der Waals surface area contributed by atoms with Crippen molar-refractivity contribution in [2.45, 2.75) is 12.4 Å². The Balaban J connectivity index is 3.54. The van der Waals surface area contributed by atoms with Crippen LogP contribution in [0.1, 0.15) is 11.1 Å². The number of halogens is 7. The predicted octanol–water partition coefficient (Wildman–Crippen LogP) is 4.02. The quantitative estimate of drug-likeness (QED) is 0.466. The Kier molecular flexibility index (Phi) is 6.53. The molecule has 0 saturated carbocycles. The molecule has 0 bridgehead atoms. The van der Waals surface area contributed by atoms with Crippen LogP contribution in [-0.2, 0) is 31.4 Å². The second-order valence-electron chi connectivity index (χ2n) is 4.58. The molecular formula is C14H10ClF6NO4. The van der Waals surface area contributed by atoms with E-state index in [1.54, 1.807) is 0 Å². The van der Waals surface area contributed by atoms with Gasteiger partial charge in [0, 0.05) is 5.69 Å². The highest BCUT2D eigenvalue weighted by Crippen LogP contribution is 2.44. The summed E-state index contributed by atoms with van der Waals surface area (Å²) in [6, 6.07) is 0.511. The van der Waals surface area contributed by atoms with Gasteiger partial charge in [-0.2, -0.15) is 26.3 Å². The van der Waals surface area contributed by atoms with E-state index in [1.165, 1.54) is 0 Å². The summed E-state index contributed by atoms with van der Waals surface area (Å²) in [7, 11) is 1.83. The van der Waals surface area contributed by atoms with Crippen LogP contribution in [0.5, 0.6) is 0 Å². The van der Waals surface area contributed by atoms with Crippen LogP contribution in [0.15, 0.2) is 23.9 Å². The Hall–Kier alpha value is -2.43. The van der Waals surface area contributed by atoms with E-state index in [4.69, 9.17) is 11.6 Å². The van der Waals surface area contributed by atoms with Gasteiger partial charge in [0.25, 0.3) is 0 Å². The van der Waals surface area contributed by atoms with Gasteiger partial charge in [-0.25, -0.2) is 9.59 Å². The van der Waals surface area contributed by atoms with Crippen LogP contribution in [-0.4, -0.2) is 26.2 Å². The van der Waals surface area contributed by atoms with Crippen LogP contribution in [0.25, 0.3) is 0 Å². The number of anilines is 1. The van der Waals surface area contributed by atoms with Crippen molar-refractivity contribution in [1.29, 1.82) is 0 Å². The minimum atomic E-state index is -5.20. The van der Waals surface area contributed by atoms with Crippen molar-refractivity contribution in [1.82, 2.24) is 0 Å². The Labute approximate surface area is 147 Å². The second-order valence-corrected chi connectivity index (χ2v) is 4.96. The zero-order chi connectivity index (χ0) is 20.3. The fourth-order valence-electron chi connectivity index (χ4n) is 1.70. The monoisotopic (exact) mass is 405 g/mol. The Morgan fingerprint density at radius 2 is 1.46 bits per heavy atom. The van der Waals surface area contributed by atoms with Gasteiger partial charge < -0.3 is 14.8 Å². The molecule has 0 heterocycles. The third-order valence-corrected chi connectivity index (χ3v) is 3.24. The molecule has 0 aliphatic carbocycles. The van der Waals surface area contributed by atoms with E-state index in [0.717, 1.165) is 14.2 Å². The van der Waals surface area contributed by atoms with Crippen molar-refractivity contribution < 1.29 is 45.4 Å². The molecular weight excluding hydrogens is 396 g/mol. The van der Waals surface area contributed by atoms with Crippen LogP contribution in [0.3, 0.4) is 0 Å². The number of hydrogen-bond acceptors (Lipinski definition) is 5. The average Bonchev–Trinajstić information content (AvgIpc) is 2.52. The number of rotatable bonds is 4. The van der Waals surface area contributed by atoms with Gasteiger partial charge in [-0.05, 0) is 12.1 Å². The molecule has 0 unspecified atom stereocenters. The number of carbonyl (C=O) groups is 2. The first-order valence-corrected chi connectivity index (χ1v) is 6.82. The number of carbonyl (C=O) groups excluding carboxylic acids is 2. The van der Waals surface area contributed by atoms with Gasteiger partial charge in [0.2, 0.25) is 0 Å². The molecule has 12 heteroatoms. The van der Waals surface area contributed by atoms with Gasteiger partial charge in [0.15, 0.2) is 0 Å². The van der Waals surface area contributed by atoms with Crippen molar-refractivity contribution in [2.75, 3.05) is 19.5 Å². The number of alkyl halides is 6. The third kappa shape index (κ3) is 5.28. The maximum atomic E-state index is 13.0. The van der Waals surface area contributed by atoms with E-state index in [0.29, 0.717) is 6.08 Å². The van der Waals surface area contributed by atoms with E-state index in [-0.39, 0.29) is 12.1 Å². The van der Waals surface area contributed by atoms with Crippen molar-refractivity contribution in [3.63, 3.8) is 0 Å². The first-order valence-electron chi connectivity index (χ1n) is 6.44. The lowest BCUT2D eigenvalue weighted by atomic mass is 10.1. The lowest BCUT2D eigenvalue weighted by Crippen LogP contribution is -2.18. The Morgan fingerprint density at radius 1 is 1.00 bits per heavy atom. The zero-order valence-electron chi connectivity index (χ0n) is 13.0. The summed E-state index contributed by atoms with van der Waals surface area (Å²) in [5.74, 6) is -2.33. The third-order valence-electron chi connectivity index (χ3n) is 2.83. The molecule has 1 aromatic rings. The van der Waals surface area contributed by atoms with Gasteiger partial charge >= 0.3 is 24.3 Å². The fraction of sp³-hybridized carbons (Fsp3) is 0.286. The summed E-state index contributed by atoms with van der Waals surface area (Å²) >= 11 is 5.24. The van der Waals surface area contributed by atoms with E-state index in [9.17, 15) is 35.9 Å². The van der Waals surface area contributed by atoms with Gasteiger partial charge in [0.1, 0.15) is 5.70 Å². The lowest BCUT2D eigenvalue weighted by Gasteiger charge is -2.18. The number of ether oxygens (including phenoxy) is 2. The molecule has 1 rings (SSSR count). The Bertz CT molecular complexity index is 707. The standard InChI is InChI=1S/C14H10ClF6NO4/c1-25-10(23)5-9(12(24)26-2)22-6-3-7(13(16,17)18)11(15)8(4-6)14(19,20)21/h3-5,22H,1-2H3/b9-5+. The van der Waals surface area contributed by atoms with Gasteiger partial charge in [-0.15, -0.1) is 0 Å². The molecule has 0 atom stereocenters. The first-order chi connectivity index (χ1) is 11.8. The van der Waals surface area contributed by atoms with Gasteiger partial charge in [-0.3, -0.25) is 0 Å². The first kappa shape index (κ1) is 21.6. The van der Waals surface area contributed by atoms with Gasteiger partial charge in [0.05, 0.1) is 36.4 Å². The van der Waals surface area contributed by atoms with Crippen molar-refractivity contribution in [3.8, 4) is 0 Å². The molecule has 144 valence electrons. The summed E-state index contributed by atoms with van der Waals surface area (Å²) in [5.41, 5.74) is -5.10.